The zero-order valence-corrected chi connectivity index (χ0v) is 10.0. The minimum Gasteiger partial charge on any atom is -0.383 e. The molecule has 0 spiro atoms. The summed E-state index contributed by atoms with van der Waals surface area (Å²) in [5.74, 6) is -0.255. The third-order valence-electron chi connectivity index (χ3n) is 2.34. The maximum absolute atomic E-state index is 11.7. The Bertz CT molecular complexity index is 510. The van der Waals surface area contributed by atoms with E-state index in [2.05, 4.69) is 15.6 Å². The molecule has 0 saturated heterocycles. The molecule has 2 aromatic rings. The van der Waals surface area contributed by atoms with Crippen LogP contribution in [0.25, 0.3) is 5.69 Å². The second kappa shape index (κ2) is 5.92. The van der Waals surface area contributed by atoms with E-state index < -0.39 is 0 Å². The lowest BCUT2D eigenvalue weighted by atomic mass is 10.3. The molecule has 1 N–H and O–H groups in total. The minimum absolute atomic E-state index is 0.255. The topological polar surface area (TPSA) is 69.0 Å². The fraction of sp³-hybridized carbons (Fsp3) is 0.250. The van der Waals surface area contributed by atoms with Gasteiger partial charge in [-0.05, 0) is 12.1 Å². The lowest BCUT2D eigenvalue weighted by molar-refractivity contribution is 0.0932. The zero-order chi connectivity index (χ0) is 12.8. The third kappa shape index (κ3) is 2.92. The van der Waals surface area contributed by atoms with Crippen molar-refractivity contribution in [2.75, 3.05) is 20.3 Å². The average Bonchev–Trinajstić information content (AvgIpc) is 2.89. The van der Waals surface area contributed by atoms with Gasteiger partial charge in [-0.15, -0.1) is 5.10 Å². The molecule has 18 heavy (non-hydrogen) atoms. The minimum atomic E-state index is -0.255. The Hall–Kier alpha value is -2.21. The Kier molecular flexibility index (Phi) is 4.03. The molecule has 2 rings (SSSR count). The van der Waals surface area contributed by atoms with Crippen molar-refractivity contribution in [3.05, 3.63) is 42.2 Å². The van der Waals surface area contributed by atoms with Crippen molar-refractivity contribution in [3.8, 4) is 5.69 Å². The molecule has 0 aliphatic rings. The summed E-state index contributed by atoms with van der Waals surface area (Å²) in [5, 5.41) is 10.4. The number of nitrogens with one attached hydrogen (secondary N) is 1. The second-order valence-corrected chi connectivity index (χ2v) is 3.63. The quantitative estimate of drug-likeness (QED) is 0.786. The van der Waals surface area contributed by atoms with Crippen LogP contribution in [0.4, 0.5) is 0 Å². The van der Waals surface area contributed by atoms with E-state index in [0.717, 1.165) is 5.69 Å². The molecule has 0 unspecified atom stereocenters. The van der Waals surface area contributed by atoms with E-state index >= 15 is 0 Å². The van der Waals surface area contributed by atoms with Crippen LogP contribution in [0.1, 0.15) is 10.5 Å². The van der Waals surface area contributed by atoms with E-state index in [1.54, 1.807) is 18.0 Å². The Balaban J connectivity index is 2.04. The van der Waals surface area contributed by atoms with Gasteiger partial charge in [-0.25, -0.2) is 4.68 Å². The van der Waals surface area contributed by atoms with Crippen LogP contribution in [-0.2, 0) is 4.74 Å². The Morgan fingerprint density at radius 2 is 2.17 bits per heavy atom. The molecule has 1 heterocycles. The van der Waals surface area contributed by atoms with E-state index in [-0.39, 0.29) is 11.6 Å². The van der Waals surface area contributed by atoms with Crippen LogP contribution >= 0.6 is 0 Å². The molecule has 0 fully saturated rings. The van der Waals surface area contributed by atoms with Gasteiger partial charge in [0.05, 0.1) is 18.5 Å². The lowest BCUT2D eigenvalue weighted by Gasteiger charge is -2.00. The van der Waals surface area contributed by atoms with Crippen molar-refractivity contribution in [1.29, 1.82) is 0 Å². The number of benzene rings is 1. The summed E-state index contributed by atoms with van der Waals surface area (Å²) < 4.78 is 6.41. The Morgan fingerprint density at radius 1 is 1.39 bits per heavy atom. The Labute approximate surface area is 105 Å². The summed E-state index contributed by atoms with van der Waals surface area (Å²) in [6, 6.07) is 9.49. The first kappa shape index (κ1) is 12.3. The molecule has 6 heteroatoms. The van der Waals surface area contributed by atoms with Crippen LogP contribution in [0.2, 0.25) is 0 Å². The number of carbonyl (C=O) groups is 1. The van der Waals surface area contributed by atoms with Gasteiger partial charge in [0.2, 0.25) is 0 Å². The SMILES string of the molecule is COCCNC(=O)c1cn(-c2ccccc2)nn1. The van der Waals surface area contributed by atoms with Gasteiger partial charge in [-0.2, -0.15) is 0 Å². The van der Waals surface area contributed by atoms with Crippen LogP contribution < -0.4 is 5.32 Å². The highest BCUT2D eigenvalue weighted by molar-refractivity contribution is 5.91. The van der Waals surface area contributed by atoms with Crippen molar-refractivity contribution in [3.63, 3.8) is 0 Å². The van der Waals surface area contributed by atoms with Gasteiger partial charge in [0, 0.05) is 13.7 Å². The van der Waals surface area contributed by atoms with Crippen molar-refractivity contribution in [2.24, 2.45) is 0 Å². The molecule has 0 aliphatic heterocycles. The van der Waals surface area contributed by atoms with Crippen molar-refractivity contribution < 1.29 is 9.53 Å². The zero-order valence-electron chi connectivity index (χ0n) is 10.0. The van der Waals surface area contributed by atoms with Crippen molar-refractivity contribution in [2.45, 2.75) is 0 Å². The number of para-hydroxylation sites is 1. The number of aromatic nitrogens is 3. The molecule has 1 aromatic heterocycles. The molecule has 0 aliphatic carbocycles. The molecule has 1 amide bonds. The van der Waals surface area contributed by atoms with Gasteiger partial charge >= 0.3 is 0 Å². The molecule has 0 saturated carbocycles. The number of nitrogens with zero attached hydrogens (tertiary/aromatic N) is 3. The number of hydrogen-bond acceptors (Lipinski definition) is 4. The summed E-state index contributed by atoms with van der Waals surface area (Å²) in [7, 11) is 1.58. The van der Waals surface area contributed by atoms with E-state index in [0.29, 0.717) is 13.2 Å². The van der Waals surface area contributed by atoms with Gasteiger partial charge in [-0.1, -0.05) is 23.4 Å². The molecule has 1 aromatic carbocycles. The molecule has 6 nitrogen and oxygen atoms in total. The predicted octanol–water partition coefficient (Wildman–Crippen LogP) is 0.643. The summed E-state index contributed by atoms with van der Waals surface area (Å²) in [5.41, 5.74) is 1.15. The van der Waals surface area contributed by atoms with Gasteiger partial charge in [0.1, 0.15) is 0 Å². The number of hydrogen-bond donors (Lipinski definition) is 1. The molecular weight excluding hydrogens is 232 g/mol. The monoisotopic (exact) mass is 246 g/mol. The number of methoxy groups -OCH3 is 1. The third-order valence-corrected chi connectivity index (χ3v) is 2.34. The number of amides is 1. The highest BCUT2D eigenvalue weighted by atomic mass is 16.5. The van der Waals surface area contributed by atoms with E-state index in [4.69, 9.17) is 4.74 Å². The summed E-state index contributed by atoms with van der Waals surface area (Å²) in [6.07, 6.45) is 1.59. The van der Waals surface area contributed by atoms with Crippen LogP contribution in [0, 0.1) is 0 Å². The number of carbonyl (C=O) groups excluding carboxylic acids is 1. The molecule has 0 radical (unpaired) electrons. The number of ether oxygens (including phenoxy) is 1. The second-order valence-electron chi connectivity index (χ2n) is 3.63. The molecule has 94 valence electrons. The molecule has 0 bridgehead atoms. The normalized spacial score (nSPS) is 10.3. The first-order valence-electron chi connectivity index (χ1n) is 5.56. The van der Waals surface area contributed by atoms with E-state index in [1.807, 2.05) is 30.3 Å². The summed E-state index contributed by atoms with van der Waals surface area (Å²) in [4.78, 5) is 11.7. The highest BCUT2D eigenvalue weighted by Gasteiger charge is 2.10. The van der Waals surface area contributed by atoms with E-state index in [1.165, 1.54) is 0 Å². The number of rotatable bonds is 5. The van der Waals surface area contributed by atoms with Crippen molar-refractivity contribution in [1.82, 2.24) is 20.3 Å². The smallest absolute Gasteiger partial charge is 0.273 e. The largest absolute Gasteiger partial charge is 0.383 e. The molecular formula is C12H14N4O2. The van der Waals surface area contributed by atoms with Crippen LogP contribution in [0.3, 0.4) is 0 Å². The van der Waals surface area contributed by atoms with Gasteiger partial charge in [-0.3, -0.25) is 4.79 Å². The summed E-state index contributed by atoms with van der Waals surface area (Å²) >= 11 is 0. The van der Waals surface area contributed by atoms with Gasteiger partial charge in [0.25, 0.3) is 5.91 Å². The van der Waals surface area contributed by atoms with Crippen LogP contribution in [0.15, 0.2) is 36.5 Å². The first-order valence-corrected chi connectivity index (χ1v) is 5.56. The maximum Gasteiger partial charge on any atom is 0.273 e. The predicted molar refractivity (Wildman–Crippen MR) is 65.6 cm³/mol. The first-order chi connectivity index (χ1) is 8.81. The fourth-order valence-electron chi connectivity index (χ4n) is 1.43. The lowest BCUT2D eigenvalue weighted by Crippen LogP contribution is -2.27. The Morgan fingerprint density at radius 3 is 2.89 bits per heavy atom. The summed E-state index contributed by atoms with van der Waals surface area (Å²) in [6.45, 7) is 0.923. The van der Waals surface area contributed by atoms with E-state index in [9.17, 15) is 4.79 Å². The van der Waals surface area contributed by atoms with Gasteiger partial charge in [0.15, 0.2) is 5.69 Å². The highest BCUT2D eigenvalue weighted by Crippen LogP contribution is 2.05. The average molecular weight is 246 g/mol. The fourth-order valence-corrected chi connectivity index (χ4v) is 1.43. The maximum atomic E-state index is 11.7. The van der Waals surface area contributed by atoms with Gasteiger partial charge < -0.3 is 10.1 Å². The standard InChI is InChI=1S/C12H14N4O2/c1-18-8-7-13-12(17)11-9-16(15-14-11)10-5-3-2-4-6-10/h2-6,9H,7-8H2,1H3,(H,13,17). The van der Waals surface area contributed by atoms with Crippen molar-refractivity contribution >= 4 is 5.91 Å². The van der Waals surface area contributed by atoms with Crippen LogP contribution in [-0.4, -0.2) is 41.2 Å². The van der Waals surface area contributed by atoms with Crippen LogP contribution in [0.5, 0.6) is 0 Å². The molecule has 0 atom stereocenters.